The predicted octanol–water partition coefficient (Wildman–Crippen LogP) is 5.01. The number of benzene rings is 3. The number of fused-ring (bicyclic) bond motifs is 1. The summed E-state index contributed by atoms with van der Waals surface area (Å²) >= 11 is 0. The number of carbonyl (C=O) groups is 1. The SMILES string of the molecule is COCCc1cccc(N(c2ccc(C(=O)OC)cc2)c2nc3ccccc3[nH]2)c1. The maximum atomic E-state index is 11.8. The maximum absolute atomic E-state index is 11.8. The van der Waals surface area contributed by atoms with E-state index < -0.39 is 0 Å². The number of anilines is 3. The van der Waals surface area contributed by atoms with Gasteiger partial charge in [0.2, 0.25) is 5.95 Å². The van der Waals surface area contributed by atoms with Crippen molar-refractivity contribution in [1.29, 1.82) is 0 Å². The van der Waals surface area contributed by atoms with E-state index in [1.54, 1.807) is 19.2 Å². The van der Waals surface area contributed by atoms with Crippen molar-refractivity contribution in [2.24, 2.45) is 0 Å². The Bertz CT molecular complexity index is 1120. The first-order chi connectivity index (χ1) is 14.7. The topological polar surface area (TPSA) is 67.4 Å². The predicted molar refractivity (Wildman–Crippen MR) is 118 cm³/mol. The zero-order chi connectivity index (χ0) is 20.9. The first-order valence-electron chi connectivity index (χ1n) is 9.71. The number of carbonyl (C=O) groups excluding carboxylic acids is 1. The number of aromatic amines is 1. The van der Waals surface area contributed by atoms with Crippen molar-refractivity contribution in [1.82, 2.24) is 9.97 Å². The molecular formula is C24H23N3O3. The van der Waals surface area contributed by atoms with Crippen LogP contribution in [0.15, 0.2) is 72.8 Å². The molecule has 0 aliphatic heterocycles. The van der Waals surface area contributed by atoms with Crippen molar-refractivity contribution in [2.45, 2.75) is 6.42 Å². The highest BCUT2D eigenvalue weighted by atomic mass is 16.5. The van der Waals surface area contributed by atoms with Gasteiger partial charge in [-0.2, -0.15) is 0 Å². The summed E-state index contributed by atoms with van der Waals surface area (Å²) in [5.41, 5.74) is 5.36. The van der Waals surface area contributed by atoms with Gasteiger partial charge in [-0.05, 0) is 60.5 Å². The Hall–Kier alpha value is -3.64. The van der Waals surface area contributed by atoms with E-state index >= 15 is 0 Å². The van der Waals surface area contributed by atoms with Crippen LogP contribution in [0.5, 0.6) is 0 Å². The highest BCUT2D eigenvalue weighted by Crippen LogP contribution is 2.34. The third-order valence-corrected chi connectivity index (χ3v) is 4.90. The third-order valence-electron chi connectivity index (χ3n) is 4.90. The van der Waals surface area contributed by atoms with E-state index in [2.05, 4.69) is 17.1 Å². The first kappa shape index (κ1) is 19.7. The Morgan fingerprint density at radius 3 is 2.50 bits per heavy atom. The van der Waals surface area contributed by atoms with E-state index in [0.29, 0.717) is 18.1 Å². The molecule has 0 fully saturated rings. The van der Waals surface area contributed by atoms with Gasteiger partial charge in [-0.1, -0.05) is 24.3 Å². The Balaban J connectivity index is 1.79. The number of hydrogen-bond acceptors (Lipinski definition) is 5. The van der Waals surface area contributed by atoms with Crippen molar-refractivity contribution < 1.29 is 14.3 Å². The number of hydrogen-bond donors (Lipinski definition) is 1. The summed E-state index contributed by atoms with van der Waals surface area (Å²) in [7, 11) is 3.08. The molecule has 0 atom stereocenters. The number of esters is 1. The van der Waals surface area contributed by atoms with Gasteiger partial charge >= 0.3 is 5.97 Å². The quantitative estimate of drug-likeness (QED) is 0.441. The summed E-state index contributed by atoms with van der Waals surface area (Å²) in [4.78, 5) is 22.1. The molecule has 1 aromatic heterocycles. The molecule has 6 nitrogen and oxygen atoms in total. The Morgan fingerprint density at radius 2 is 1.77 bits per heavy atom. The summed E-state index contributed by atoms with van der Waals surface area (Å²) in [6, 6.07) is 23.5. The van der Waals surface area contributed by atoms with Gasteiger partial charge < -0.3 is 14.5 Å². The second kappa shape index (κ2) is 8.80. The molecule has 30 heavy (non-hydrogen) atoms. The highest BCUT2D eigenvalue weighted by Gasteiger charge is 2.17. The van der Waals surface area contributed by atoms with Crippen LogP contribution in [0.25, 0.3) is 11.0 Å². The Labute approximate surface area is 175 Å². The van der Waals surface area contributed by atoms with Crippen molar-refractivity contribution >= 4 is 34.3 Å². The smallest absolute Gasteiger partial charge is 0.337 e. The lowest BCUT2D eigenvalue weighted by Crippen LogP contribution is -2.12. The number of para-hydroxylation sites is 2. The van der Waals surface area contributed by atoms with Crippen LogP contribution in [0.1, 0.15) is 15.9 Å². The summed E-state index contributed by atoms with van der Waals surface area (Å²) < 4.78 is 10.0. The van der Waals surface area contributed by atoms with Crippen LogP contribution in [0.2, 0.25) is 0 Å². The molecule has 152 valence electrons. The van der Waals surface area contributed by atoms with Crippen LogP contribution >= 0.6 is 0 Å². The molecule has 0 amide bonds. The number of rotatable bonds is 7. The average Bonchev–Trinajstić information content (AvgIpc) is 3.21. The van der Waals surface area contributed by atoms with Crippen LogP contribution < -0.4 is 4.90 Å². The average molecular weight is 401 g/mol. The molecule has 4 aromatic rings. The van der Waals surface area contributed by atoms with Crippen LogP contribution in [0.3, 0.4) is 0 Å². The van der Waals surface area contributed by atoms with Gasteiger partial charge in [0.05, 0.1) is 30.3 Å². The van der Waals surface area contributed by atoms with E-state index in [4.69, 9.17) is 14.5 Å². The molecule has 0 spiro atoms. The fourth-order valence-electron chi connectivity index (χ4n) is 3.37. The van der Waals surface area contributed by atoms with Crippen molar-refractivity contribution in [3.05, 3.63) is 83.9 Å². The Morgan fingerprint density at radius 1 is 0.967 bits per heavy atom. The second-order valence-corrected chi connectivity index (χ2v) is 6.86. The summed E-state index contributed by atoms with van der Waals surface area (Å²) in [5.74, 6) is 0.337. The van der Waals surface area contributed by atoms with E-state index in [0.717, 1.165) is 28.8 Å². The van der Waals surface area contributed by atoms with Crippen LogP contribution in [0, 0.1) is 0 Å². The van der Waals surface area contributed by atoms with Crippen molar-refractivity contribution in [3.8, 4) is 0 Å². The largest absolute Gasteiger partial charge is 0.465 e. The first-order valence-corrected chi connectivity index (χ1v) is 9.71. The lowest BCUT2D eigenvalue weighted by Gasteiger charge is -2.23. The minimum atomic E-state index is -0.363. The van der Waals surface area contributed by atoms with E-state index in [9.17, 15) is 4.79 Å². The van der Waals surface area contributed by atoms with Crippen LogP contribution in [-0.4, -0.2) is 36.8 Å². The lowest BCUT2D eigenvalue weighted by molar-refractivity contribution is 0.0601. The number of nitrogens with one attached hydrogen (secondary N) is 1. The minimum Gasteiger partial charge on any atom is -0.465 e. The molecule has 0 bridgehead atoms. The summed E-state index contributed by atoms with van der Waals surface area (Å²) in [6.07, 6.45) is 0.819. The molecule has 4 rings (SSSR count). The van der Waals surface area contributed by atoms with Gasteiger partial charge in [-0.3, -0.25) is 4.90 Å². The number of ether oxygens (including phenoxy) is 2. The highest BCUT2D eigenvalue weighted by molar-refractivity contribution is 5.90. The minimum absolute atomic E-state index is 0.363. The normalized spacial score (nSPS) is 10.9. The molecule has 0 saturated heterocycles. The molecule has 0 radical (unpaired) electrons. The van der Waals surface area contributed by atoms with Crippen molar-refractivity contribution in [3.63, 3.8) is 0 Å². The molecule has 1 N–H and O–H groups in total. The van der Waals surface area contributed by atoms with E-state index in [1.807, 2.05) is 53.4 Å². The summed E-state index contributed by atoms with van der Waals surface area (Å²) in [5, 5.41) is 0. The standard InChI is InChI=1S/C24H23N3O3/c1-29-15-14-17-6-5-7-20(16-17)27(19-12-10-18(11-13-19)23(28)30-2)24-25-21-8-3-4-9-22(21)26-24/h3-13,16H,14-15H2,1-2H3,(H,25,26). The summed E-state index contributed by atoms with van der Waals surface area (Å²) in [6.45, 7) is 0.655. The van der Waals surface area contributed by atoms with E-state index in [1.165, 1.54) is 12.7 Å². The number of H-pyrrole nitrogens is 1. The number of nitrogens with zero attached hydrogens (tertiary/aromatic N) is 2. The third kappa shape index (κ3) is 4.04. The van der Waals surface area contributed by atoms with Crippen LogP contribution in [0.4, 0.5) is 17.3 Å². The van der Waals surface area contributed by atoms with Gasteiger partial charge in [0, 0.05) is 18.5 Å². The van der Waals surface area contributed by atoms with Gasteiger partial charge in [0.25, 0.3) is 0 Å². The van der Waals surface area contributed by atoms with Gasteiger partial charge in [0.15, 0.2) is 0 Å². The van der Waals surface area contributed by atoms with Gasteiger partial charge in [0.1, 0.15) is 0 Å². The maximum Gasteiger partial charge on any atom is 0.337 e. The number of aromatic nitrogens is 2. The Kier molecular flexibility index (Phi) is 5.77. The molecular weight excluding hydrogens is 378 g/mol. The molecule has 1 heterocycles. The zero-order valence-corrected chi connectivity index (χ0v) is 17.0. The van der Waals surface area contributed by atoms with Crippen LogP contribution in [-0.2, 0) is 15.9 Å². The second-order valence-electron chi connectivity index (χ2n) is 6.86. The van der Waals surface area contributed by atoms with Gasteiger partial charge in [-0.15, -0.1) is 0 Å². The monoisotopic (exact) mass is 401 g/mol. The molecule has 6 heteroatoms. The van der Waals surface area contributed by atoms with Gasteiger partial charge in [-0.25, -0.2) is 9.78 Å². The molecule has 0 aliphatic rings. The lowest BCUT2D eigenvalue weighted by atomic mass is 10.1. The molecule has 3 aromatic carbocycles. The molecule has 0 saturated carbocycles. The molecule has 0 aliphatic carbocycles. The molecule has 0 unspecified atom stereocenters. The fourth-order valence-corrected chi connectivity index (χ4v) is 3.37. The fraction of sp³-hybridized carbons (Fsp3) is 0.167. The number of imidazole rings is 1. The number of methoxy groups -OCH3 is 2. The van der Waals surface area contributed by atoms with E-state index in [-0.39, 0.29) is 5.97 Å². The zero-order valence-electron chi connectivity index (χ0n) is 17.0. The van der Waals surface area contributed by atoms with Crippen molar-refractivity contribution in [2.75, 3.05) is 25.7 Å².